The summed E-state index contributed by atoms with van der Waals surface area (Å²) in [6.07, 6.45) is 0. The van der Waals surface area contributed by atoms with E-state index in [-0.39, 0.29) is 11.8 Å². The van der Waals surface area contributed by atoms with Crippen LogP contribution in [-0.2, 0) is 9.47 Å². The van der Waals surface area contributed by atoms with Gasteiger partial charge in [0.2, 0.25) is 0 Å². The Bertz CT molecular complexity index is 124. The molecule has 11 heavy (non-hydrogen) atoms. The van der Waals surface area contributed by atoms with E-state index in [1.807, 2.05) is 6.92 Å². The first-order valence-corrected chi connectivity index (χ1v) is 3.10. The highest BCUT2D eigenvalue weighted by Gasteiger charge is 1.73. The van der Waals surface area contributed by atoms with Gasteiger partial charge in [0.1, 0.15) is 0 Å². The third kappa shape index (κ3) is 28.6. The lowest BCUT2D eigenvalue weighted by Gasteiger charge is -1.95. The van der Waals surface area contributed by atoms with Crippen LogP contribution in [0.3, 0.4) is 0 Å². The first kappa shape index (κ1) is 12.4. The summed E-state index contributed by atoms with van der Waals surface area (Å²) >= 11 is 0. The summed E-state index contributed by atoms with van der Waals surface area (Å²) < 4.78 is 8.96. The maximum Gasteiger partial charge on any atom is 0.176 e. The molecule has 0 aliphatic rings. The van der Waals surface area contributed by atoms with Crippen molar-refractivity contribution in [3.63, 3.8) is 0 Å². The summed E-state index contributed by atoms with van der Waals surface area (Å²) in [5.74, 6) is 0.544. The zero-order valence-electron chi connectivity index (χ0n) is 7.09. The van der Waals surface area contributed by atoms with Crippen molar-refractivity contribution in [1.29, 1.82) is 0 Å². The molecule has 4 nitrogen and oxygen atoms in total. The van der Waals surface area contributed by atoms with Crippen molar-refractivity contribution in [2.24, 2.45) is 11.5 Å². The molecule has 4 N–H and O–H groups in total. The highest BCUT2D eigenvalue weighted by Crippen LogP contribution is 1.76. The summed E-state index contributed by atoms with van der Waals surface area (Å²) in [7, 11) is 1.47. The average Bonchev–Trinajstić information content (AvgIpc) is 1.89. The molecule has 0 saturated carbocycles. The van der Waals surface area contributed by atoms with E-state index in [1.54, 1.807) is 0 Å². The molecule has 0 heterocycles. The van der Waals surface area contributed by atoms with Crippen molar-refractivity contribution < 1.29 is 9.47 Å². The first-order chi connectivity index (χ1) is 5.04. The summed E-state index contributed by atoms with van der Waals surface area (Å²) in [4.78, 5) is 0. The fourth-order valence-corrected chi connectivity index (χ4v) is 0.185. The molecule has 0 rings (SSSR count). The van der Waals surface area contributed by atoms with Gasteiger partial charge in [-0.05, 0) is 20.1 Å². The molecule has 0 aromatic heterocycles. The van der Waals surface area contributed by atoms with Gasteiger partial charge in [-0.15, -0.1) is 0 Å². The molecule has 4 heteroatoms. The minimum Gasteiger partial charge on any atom is -0.483 e. The largest absolute Gasteiger partial charge is 0.483 e. The maximum atomic E-state index is 4.99. The van der Waals surface area contributed by atoms with Crippen LogP contribution in [0.15, 0.2) is 24.9 Å². The lowest BCUT2D eigenvalue weighted by Crippen LogP contribution is -1.98. The zero-order chi connectivity index (χ0) is 9.28. The molecule has 0 unspecified atom stereocenters. The Morgan fingerprint density at radius 3 is 1.64 bits per heavy atom. The van der Waals surface area contributed by atoms with Crippen LogP contribution >= 0.6 is 0 Å². The summed E-state index contributed by atoms with van der Waals surface area (Å²) in [5, 5.41) is 0. The quantitative estimate of drug-likeness (QED) is 0.590. The molecule has 0 amide bonds. The lowest BCUT2D eigenvalue weighted by atomic mass is 10.8. The number of methoxy groups -OCH3 is 1. The molecule has 0 atom stereocenters. The van der Waals surface area contributed by atoms with Crippen LogP contribution in [0.5, 0.6) is 0 Å². The van der Waals surface area contributed by atoms with Crippen LogP contribution in [0.1, 0.15) is 6.92 Å². The number of rotatable bonds is 3. The maximum absolute atomic E-state index is 4.99. The monoisotopic (exact) mass is 160 g/mol. The van der Waals surface area contributed by atoms with Crippen molar-refractivity contribution >= 4 is 0 Å². The zero-order valence-corrected chi connectivity index (χ0v) is 7.09. The second-order valence-electron chi connectivity index (χ2n) is 1.57. The second-order valence-corrected chi connectivity index (χ2v) is 1.57. The molecule has 0 aliphatic carbocycles. The lowest BCUT2D eigenvalue weighted by molar-refractivity contribution is 0.228. The Morgan fingerprint density at radius 1 is 1.27 bits per heavy atom. The molecule has 0 bridgehead atoms. The third-order valence-electron chi connectivity index (χ3n) is 0.592. The van der Waals surface area contributed by atoms with Gasteiger partial charge in [-0.1, -0.05) is 0 Å². The van der Waals surface area contributed by atoms with Gasteiger partial charge in [0.15, 0.2) is 11.8 Å². The topological polar surface area (TPSA) is 70.5 Å². The van der Waals surface area contributed by atoms with Crippen LogP contribution in [0, 0.1) is 0 Å². The van der Waals surface area contributed by atoms with Crippen LogP contribution in [0.2, 0.25) is 0 Å². The van der Waals surface area contributed by atoms with E-state index in [0.717, 1.165) is 0 Å². The predicted octanol–water partition coefficient (Wildman–Crippen LogP) is 0.515. The Kier molecular flexibility index (Phi) is 9.76. The number of hydrogen-bond donors (Lipinski definition) is 2. The van der Waals surface area contributed by atoms with Gasteiger partial charge in [-0.3, -0.25) is 0 Å². The predicted molar refractivity (Wildman–Crippen MR) is 45.3 cm³/mol. The standard InChI is InChI=1S/C4H9NO.C3H7NO/c1-3-6-4(2)5;1-3(4)5-2/h2-3,5H2,1H3;1,4H2,2H3. The van der Waals surface area contributed by atoms with Crippen molar-refractivity contribution in [1.82, 2.24) is 0 Å². The molecule has 0 radical (unpaired) electrons. The van der Waals surface area contributed by atoms with Gasteiger partial charge in [0.25, 0.3) is 0 Å². The van der Waals surface area contributed by atoms with Crippen molar-refractivity contribution in [2.75, 3.05) is 13.7 Å². The van der Waals surface area contributed by atoms with Crippen molar-refractivity contribution in [3.05, 3.63) is 24.9 Å². The molecule has 0 aromatic carbocycles. The van der Waals surface area contributed by atoms with Crippen LogP contribution in [0.4, 0.5) is 0 Å². The van der Waals surface area contributed by atoms with Gasteiger partial charge in [-0.25, -0.2) is 0 Å². The van der Waals surface area contributed by atoms with Gasteiger partial charge in [-0.2, -0.15) is 0 Å². The van der Waals surface area contributed by atoms with E-state index in [0.29, 0.717) is 6.61 Å². The van der Waals surface area contributed by atoms with E-state index in [1.165, 1.54) is 7.11 Å². The highest BCUT2D eigenvalue weighted by atomic mass is 16.5. The van der Waals surface area contributed by atoms with Crippen LogP contribution < -0.4 is 11.5 Å². The van der Waals surface area contributed by atoms with Gasteiger partial charge in [0, 0.05) is 0 Å². The Hall–Kier alpha value is -1.32. The second kappa shape index (κ2) is 8.68. The molecule has 0 aromatic rings. The normalized spacial score (nSPS) is 7.09. The molecule has 0 aliphatic heterocycles. The molecular weight excluding hydrogens is 144 g/mol. The van der Waals surface area contributed by atoms with Crippen molar-refractivity contribution in [2.45, 2.75) is 6.92 Å². The van der Waals surface area contributed by atoms with E-state index in [4.69, 9.17) is 11.5 Å². The SMILES string of the molecule is C=C(N)OC.C=C(N)OCC. The number of nitrogens with two attached hydrogens (primary N) is 2. The number of hydrogen-bond acceptors (Lipinski definition) is 4. The molecule has 0 saturated heterocycles. The van der Waals surface area contributed by atoms with Crippen LogP contribution in [-0.4, -0.2) is 13.7 Å². The first-order valence-electron chi connectivity index (χ1n) is 3.10. The summed E-state index contributed by atoms with van der Waals surface area (Å²) in [6.45, 7) is 9.00. The smallest absolute Gasteiger partial charge is 0.176 e. The van der Waals surface area contributed by atoms with E-state index in [2.05, 4.69) is 22.6 Å². The Balaban J connectivity index is 0. The van der Waals surface area contributed by atoms with E-state index >= 15 is 0 Å². The van der Waals surface area contributed by atoms with Gasteiger partial charge in [0.05, 0.1) is 13.7 Å². The molecule has 0 fully saturated rings. The fourth-order valence-electron chi connectivity index (χ4n) is 0.185. The summed E-state index contributed by atoms with van der Waals surface area (Å²) in [5.41, 5.74) is 9.86. The Labute approximate surface area is 67.5 Å². The minimum atomic E-state index is 0.255. The Morgan fingerprint density at radius 2 is 1.64 bits per heavy atom. The molecular formula is C7H16N2O2. The van der Waals surface area contributed by atoms with Gasteiger partial charge < -0.3 is 20.9 Å². The summed E-state index contributed by atoms with van der Waals surface area (Å²) in [6, 6.07) is 0. The molecule has 66 valence electrons. The third-order valence-corrected chi connectivity index (χ3v) is 0.592. The van der Waals surface area contributed by atoms with E-state index < -0.39 is 0 Å². The molecule has 0 spiro atoms. The average molecular weight is 160 g/mol. The highest BCUT2D eigenvalue weighted by molar-refractivity contribution is 4.69. The van der Waals surface area contributed by atoms with Gasteiger partial charge >= 0.3 is 0 Å². The van der Waals surface area contributed by atoms with Crippen LogP contribution in [0.25, 0.3) is 0 Å². The van der Waals surface area contributed by atoms with Crippen molar-refractivity contribution in [3.8, 4) is 0 Å². The minimum absolute atomic E-state index is 0.255. The van der Waals surface area contributed by atoms with E-state index in [9.17, 15) is 0 Å². The number of ether oxygens (including phenoxy) is 2. The fraction of sp³-hybridized carbons (Fsp3) is 0.429.